The standard InChI is InChI=1S/C14H16N6O2/c1-9-13(14(21)18-10-3-4-15-16-7-10)8-17-20(9)12-5-11(6-12)19-22-2/h3-4,7-8,12H,5-6H2,1-2H3,(H,15,18,21). The van der Waals surface area contributed by atoms with Gasteiger partial charge in [0.2, 0.25) is 0 Å². The van der Waals surface area contributed by atoms with Gasteiger partial charge in [0.05, 0.1) is 41.6 Å². The van der Waals surface area contributed by atoms with Gasteiger partial charge in [-0.15, -0.1) is 0 Å². The van der Waals surface area contributed by atoms with E-state index in [1.807, 2.05) is 11.6 Å². The molecule has 1 aliphatic rings. The Balaban J connectivity index is 1.71. The molecule has 1 saturated carbocycles. The van der Waals surface area contributed by atoms with Crippen molar-refractivity contribution in [2.45, 2.75) is 25.8 Å². The zero-order valence-electron chi connectivity index (χ0n) is 12.4. The smallest absolute Gasteiger partial charge is 0.259 e. The number of nitrogens with zero attached hydrogens (tertiary/aromatic N) is 5. The summed E-state index contributed by atoms with van der Waals surface area (Å²) in [6, 6.07) is 1.92. The van der Waals surface area contributed by atoms with Crippen LogP contribution < -0.4 is 5.32 Å². The van der Waals surface area contributed by atoms with E-state index in [0.717, 1.165) is 24.2 Å². The number of aromatic nitrogens is 4. The van der Waals surface area contributed by atoms with Crippen molar-refractivity contribution in [3.63, 3.8) is 0 Å². The predicted molar refractivity (Wildman–Crippen MR) is 79.7 cm³/mol. The second-order valence-corrected chi connectivity index (χ2v) is 5.08. The predicted octanol–water partition coefficient (Wildman–Crippen LogP) is 1.57. The van der Waals surface area contributed by atoms with Crippen molar-refractivity contribution >= 4 is 17.3 Å². The summed E-state index contributed by atoms with van der Waals surface area (Å²) in [4.78, 5) is 17.0. The van der Waals surface area contributed by atoms with E-state index >= 15 is 0 Å². The SMILES string of the molecule is CON=C1CC(n2ncc(C(=O)Nc3ccnnc3)c2C)C1. The van der Waals surface area contributed by atoms with Crippen LogP contribution in [0, 0.1) is 6.92 Å². The Kier molecular flexibility index (Phi) is 3.82. The first-order valence-corrected chi connectivity index (χ1v) is 6.90. The van der Waals surface area contributed by atoms with Gasteiger partial charge in [0, 0.05) is 18.5 Å². The first kappa shape index (κ1) is 14.2. The Labute approximate surface area is 127 Å². The molecule has 0 bridgehead atoms. The monoisotopic (exact) mass is 300 g/mol. The van der Waals surface area contributed by atoms with Crippen LogP contribution in [0.1, 0.15) is 34.9 Å². The highest BCUT2D eigenvalue weighted by Crippen LogP contribution is 2.31. The summed E-state index contributed by atoms with van der Waals surface area (Å²) in [5, 5.41) is 18.4. The van der Waals surface area contributed by atoms with Crippen molar-refractivity contribution in [3.05, 3.63) is 35.9 Å². The largest absolute Gasteiger partial charge is 0.399 e. The molecule has 0 atom stereocenters. The first-order chi connectivity index (χ1) is 10.7. The molecule has 8 heteroatoms. The molecule has 114 valence electrons. The normalized spacial score (nSPS) is 16.8. The number of rotatable bonds is 4. The van der Waals surface area contributed by atoms with Crippen molar-refractivity contribution in [2.24, 2.45) is 5.16 Å². The van der Waals surface area contributed by atoms with E-state index in [1.54, 1.807) is 12.3 Å². The van der Waals surface area contributed by atoms with Crippen LogP contribution in [0.15, 0.2) is 29.8 Å². The minimum Gasteiger partial charge on any atom is -0.399 e. The van der Waals surface area contributed by atoms with Crippen molar-refractivity contribution in [3.8, 4) is 0 Å². The van der Waals surface area contributed by atoms with Crippen molar-refractivity contribution in [2.75, 3.05) is 12.4 Å². The fourth-order valence-electron chi connectivity index (χ4n) is 2.44. The topological polar surface area (TPSA) is 94.3 Å². The number of carbonyl (C=O) groups is 1. The Morgan fingerprint density at radius 1 is 1.41 bits per heavy atom. The first-order valence-electron chi connectivity index (χ1n) is 6.90. The van der Waals surface area contributed by atoms with E-state index in [1.165, 1.54) is 19.5 Å². The summed E-state index contributed by atoms with van der Waals surface area (Å²) < 4.78 is 1.87. The molecule has 0 radical (unpaired) electrons. The highest BCUT2D eigenvalue weighted by atomic mass is 16.6. The van der Waals surface area contributed by atoms with Crippen LogP contribution in [0.25, 0.3) is 0 Å². The molecule has 0 saturated heterocycles. The summed E-state index contributed by atoms with van der Waals surface area (Å²) in [5.41, 5.74) is 3.00. The van der Waals surface area contributed by atoms with Gasteiger partial charge in [-0.3, -0.25) is 9.48 Å². The van der Waals surface area contributed by atoms with Gasteiger partial charge in [0.25, 0.3) is 5.91 Å². The molecule has 1 fully saturated rings. The summed E-state index contributed by atoms with van der Waals surface area (Å²) in [6.07, 6.45) is 6.20. The third kappa shape index (κ3) is 2.67. The zero-order valence-corrected chi connectivity index (χ0v) is 12.4. The molecule has 1 aliphatic carbocycles. The lowest BCUT2D eigenvalue weighted by molar-refractivity contribution is 0.102. The Bertz CT molecular complexity index is 701. The molecule has 0 spiro atoms. The van der Waals surface area contributed by atoms with Gasteiger partial charge in [-0.25, -0.2) is 0 Å². The lowest BCUT2D eigenvalue weighted by Crippen LogP contribution is -2.28. The fraction of sp³-hybridized carbons (Fsp3) is 0.357. The van der Waals surface area contributed by atoms with Gasteiger partial charge in [-0.05, 0) is 13.0 Å². The molecule has 3 rings (SSSR count). The van der Waals surface area contributed by atoms with Crippen molar-refractivity contribution in [1.82, 2.24) is 20.0 Å². The van der Waals surface area contributed by atoms with E-state index in [0.29, 0.717) is 11.3 Å². The molecular weight excluding hydrogens is 284 g/mol. The summed E-state index contributed by atoms with van der Waals surface area (Å²) in [6.45, 7) is 1.89. The zero-order chi connectivity index (χ0) is 15.5. The van der Waals surface area contributed by atoms with Crippen LogP contribution in [0.3, 0.4) is 0 Å². The second kappa shape index (κ2) is 5.92. The van der Waals surface area contributed by atoms with Gasteiger partial charge in [0.15, 0.2) is 0 Å². The van der Waals surface area contributed by atoms with E-state index in [2.05, 4.69) is 25.8 Å². The minimum absolute atomic E-state index is 0.207. The van der Waals surface area contributed by atoms with E-state index in [9.17, 15) is 4.79 Å². The van der Waals surface area contributed by atoms with Crippen molar-refractivity contribution < 1.29 is 9.63 Å². The van der Waals surface area contributed by atoms with Crippen molar-refractivity contribution in [1.29, 1.82) is 0 Å². The lowest BCUT2D eigenvalue weighted by atomic mass is 9.90. The van der Waals surface area contributed by atoms with Gasteiger partial charge < -0.3 is 10.2 Å². The maximum Gasteiger partial charge on any atom is 0.259 e. The summed E-state index contributed by atoms with van der Waals surface area (Å²) in [7, 11) is 1.54. The molecule has 2 heterocycles. The molecule has 2 aromatic rings. The number of carbonyl (C=O) groups excluding carboxylic acids is 1. The Morgan fingerprint density at radius 2 is 2.23 bits per heavy atom. The minimum atomic E-state index is -0.207. The highest BCUT2D eigenvalue weighted by molar-refractivity contribution is 6.04. The number of oxime groups is 1. The molecule has 1 N–H and O–H groups in total. The molecular formula is C14H16N6O2. The van der Waals surface area contributed by atoms with Gasteiger partial charge in [-0.1, -0.05) is 5.16 Å². The third-order valence-electron chi connectivity index (χ3n) is 3.64. The Morgan fingerprint density at radius 3 is 2.91 bits per heavy atom. The molecule has 22 heavy (non-hydrogen) atoms. The van der Waals surface area contributed by atoms with Gasteiger partial charge >= 0.3 is 0 Å². The maximum absolute atomic E-state index is 12.3. The summed E-state index contributed by atoms with van der Waals surface area (Å²) in [5.74, 6) is -0.207. The number of anilines is 1. The third-order valence-corrected chi connectivity index (χ3v) is 3.64. The van der Waals surface area contributed by atoms with Crippen LogP contribution in [-0.4, -0.2) is 38.7 Å². The second-order valence-electron chi connectivity index (χ2n) is 5.08. The van der Waals surface area contributed by atoms with Crippen LogP contribution in [0.4, 0.5) is 5.69 Å². The molecule has 8 nitrogen and oxygen atoms in total. The number of amides is 1. The van der Waals surface area contributed by atoms with Crippen LogP contribution >= 0.6 is 0 Å². The molecule has 0 aromatic carbocycles. The average molecular weight is 300 g/mol. The molecule has 0 aliphatic heterocycles. The number of hydrogen-bond acceptors (Lipinski definition) is 6. The maximum atomic E-state index is 12.3. The van der Waals surface area contributed by atoms with Gasteiger partial charge in [-0.2, -0.15) is 15.3 Å². The molecule has 2 aromatic heterocycles. The number of hydrogen-bond donors (Lipinski definition) is 1. The highest BCUT2D eigenvalue weighted by Gasteiger charge is 2.30. The quantitative estimate of drug-likeness (QED) is 0.865. The number of nitrogens with one attached hydrogen (secondary N) is 1. The van der Waals surface area contributed by atoms with E-state index in [-0.39, 0.29) is 11.9 Å². The summed E-state index contributed by atoms with van der Waals surface area (Å²) >= 11 is 0. The van der Waals surface area contributed by atoms with Crippen LogP contribution in [-0.2, 0) is 4.84 Å². The van der Waals surface area contributed by atoms with E-state index in [4.69, 9.17) is 4.84 Å². The fourth-order valence-corrected chi connectivity index (χ4v) is 2.44. The molecule has 1 amide bonds. The Hall–Kier alpha value is -2.77. The van der Waals surface area contributed by atoms with Gasteiger partial charge in [0.1, 0.15) is 7.11 Å². The van der Waals surface area contributed by atoms with Crippen LogP contribution in [0.2, 0.25) is 0 Å². The average Bonchev–Trinajstić information content (AvgIpc) is 2.85. The van der Waals surface area contributed by atoms with E-state index < -0.39 is 0 Å². The van der Waals surface area contributed by atoms with Crippen LogP contribution in [0.5, 0.6) is 0 Å². The lowest BCUT2D eigenvalue weighted by Gasteiger charge is -2.28. The molecule has 0 unspecified atom stereocenters.